The van der Waals surface area contributed by atoms with E-state index in [1.165, 1.54) is 5.56 Å². The summed E-state index contributed by atoms with van der Waals surface area (Å²) in [6, 6.07) is 13.6. The van der Waals surface area contributed by atoms with E-state index in [9.17, 15) is 0 Å². The van der Waals surface area contributed by atoms with E-state index in [4.69, 9.17) is 23.2 Å². The Kier molecular flexibility index (Phi) is 4.44. The maximum atomic E-state index is 6.25. The van der Waals surface area contributed by atoms with Gasteiger partial charge in [0.15, 0.2) is 0 Å². The van der Waals surface area contributed by atoms with Crippen molar-refractivity contribution in [3.05, 3.63) is 76.0 Å². The second-order valence-corrected chi connectivity index (χ2v) is 6.66. The minimum Gasteiger partial charge on any atom is -0.239 e. The van der Waals surface area contributed by atoms with Crippen LogP contribution in [0.5, 0.6) is 0 Å². The van der Waals surface area contributed by atoms with E-state index >= 15 is 0 Å². The average Bonchev–Trinajstić information content (AvgIpc) is 3.27. The smallest absolute Gasteiger partial charge is 0.208 e. The third kappa shape index (κ3) is 3.34. The largest absolute Gasteiger partial charge is 0.239 e. The second-order valence-electron chi connectivity index (χ2n) is 5.88. The van der Waals surface area contributed by atoms with E-state index in [0.29, 0.717) is 28.1 Å². The Morgan fingerprint density at radius 1 is 1.08 bits per heavy atom. The fourth-order valence-corrected chi connectivity index (χ4v) is 3.02. The summed E-state index contributed by atoms with van der Waals surface area (Å²) < 4.78 is 1.64. The average molecular weight is 385 g/mol. The molecule has 4 rings (SSSR count). The molecule has 26 heavy (non-hydrogen) atoms. The highest BCUT2D eigenvalue weighted by Crippen LogP contribution is 2.28. The molecule has 0 saturated heterocycles. The van der Waals surface area contributed by atoms with Gasteiger partial charge in [0.05, 0.1) is 34.0 Å². The number of aryl methyl sites for hydroxylation is 1. The monoisotopic (exact) mass is 384 g/mol. The molecular weight excluding hydrogens is 371 g/mol. The van der Waals surface area contributed by atoms with Crippen molar-refractivity contribution in [2.75, 3.05) is 0 Å². The molecule has 2 aromatic heterocycles. The highest BCUT2D eigenvalue weighted by Gasteiger charge is 2.12. The van der Waals surface area contributed by atoms with Gasteiger partial charge in [-0.1, -0.05) is 59.1 Å². The number of rotatable bonds is 4. The van der Waals surface area contributed by atoms with Crippen LogP contribution in [-0.2, 0) is 6.54 Å². The minimum atomic E-state index is 0.444. The van der Waals surface area contributed by atoms with E-state index in [1.54, 1.807) is 27.9 Å². The van der Waals surface area contributed by atoms with Crippen molar-refractivity contribution in [3.63, 3.8) is 0 Å². The Bertz CT molecular complexity index is 1070. The summed E-state index contributed by atoms with van der Waals surface area (Å²) in [6.07, 6.45) is 3.47. The number of tetrazole rings is 1. The molecule has 6 nitrogen and oxygen atoms in total. The van der Waals surface area contributed by atoms with Gasteiger partial charge >= 0.3 is 0 Å². The lowest BCUT2D eigenvalue weighted by Crippen LogP contribution is -2.04. The van der Waals surface area contributed by atoms with Gasteiger partial charge in [-0.15, -0.1) is 10.2 Å². The van der Waals surface area contributed by atoms with Gasteiger partial charge in [-0.25, -0.2) is 4.68 Å². The van der Waals surface area contributed by atoms with Crippen LogP contribution in [0.4, 0.5) is 0 Å². The van der Waals surface area contributed by atoms with Gasteiger partial charge in [-0.05, 0) is 29.8 Å². The third-order valence-electron chi connectivity index (χ3n) is 3.88. The molecular formula is C18H14Cl2N6. The summed E-state index contributed by atoms with van der Waals surface area (Å²) in [4.78, 5) is 1.56. The van der Waals surface area contributed by atoms with Crippen LogP contribution in [0.25, 0.3) is 17.1 Å². The topological polar surface area (TPSA) is 61.4 Å². The van der Waals surface area contributed by atoms with Crippen LogP contribution < -0.4 is 0 Å². The van der Waals surface area contributed by atoms with E-state index in [-0.39, 0.29) is 0 Å². The third-order valence-corrected chi connectivity index (χ3v) is 4.69. The molecule has 2 heterocycles. The molecule has 0 aliphatic carbocycles. The van der Waals surface area contributed by atoms with Crippen LogP contribution >= 0.6 is 23.2 Å². The van der Waals surface area contributed by atoms with Crippen molar-refractivity contribution >= 4 is 23.2 Å². The van der Waals surface area contributed by atoms with Crippen LogP contribution in [0.1, 0.15) is 11.1 Å². The molecule has 0 bridgehead atoms. The maximum Gasteiger partial charge on any atom is 0.208 e. The summed E-state index contributed by atoms with van der Waals surface area (Å²) in [5.41, 5.74) is 3.76. The van der Waals surface area contributed by atoms with Crippen LogP contribution in [0.2, 0.25) is 10.0 Å². The van der Waals surface area contributed by atoms with Crippen molar-refractivity contribution in [1.29, 1.82) is 0 Å². The molecule has 8 heteroatoms. The summed E-state index contributed by atoms with van der Waals surface area (Å²) >= 11 is 12.3. The van der Waals surface area contributed by atoms with Gasteiger partial charge in [-0.3, -0.25) is 0 Å². The molecule has 4 aromatic rings. The molecule has 0 aliphatic heterocycles. The minimum absolute atomic E-state index is 0.444. The number of hydrogen-bond donors (Lipinski definition) is 0. The summed E-state index contributed by atoms with van der Waals surface area (Å²) in [5, 5.41) is 17.9. The Morgan fingerprint density at radius 3 is 2.77 bits per heavy atom. The molecule has 2 aromatic carbocycles. The standard InChI is InChI=1S/C18H14Cl2N6/c1-12-4-2-5-13(8-12)10-26-23-18(22-24-26)14-9-21-25(11-14)16-7-3-6-15(19)17(16)20/h2-9,11H,10H2,1H3. The SMILES string of the molecule is Cc1cccc(Cn2nnc(-c3cnn(-c4cccc(Cl)c4Cl)c3)n2)c1. The molecule has 0 amide bonds. The molecule has 0 saturated carbocycles. The van der Waals surface area contributed by atoms with Gasteiger partial charge in [0.1, 0.15) is 0 Å². The number of halogens is 2. The summed E-state index contributed by atoms with van der Waals surface area (Å²) in [5.74, 6) is 0.502. The van der Waals surface area contributed by atoms with Gasteiger partial charge < -0.3 is 0 Å². The lowest BCUT2D eigenvalue weighted by Gasteiger charge is -2.04. The summed E-state index contributed by atoms with van der Waals surface area (Å²) in [6.45, 7) is 2.61. The van der Waals surface area contributed by atoms with E-state index in [1.807, 2.05) is 24.3 Å². The highest BCUT2D eigenvalue weighted by molar-refractivity contribution is 6.43. The fourth-order valence-electron chi connectivity index (χ4n) is 2.64. The first kappa shape index (κ1) is 16.8. The Balaban J connectivity index is 1.59. The van der Waals surface area contributed by atoms with Gasteiger partial charge in [-0.2, -0.15) is 9.90 Å². The first-order chi connectivity index (χ1) is 12.6. The first-order valence-corrected chi connectivity index (χ1v) is 8.68. The fraction of sp³-hybridized carbons (Fsp3) is 0.111. The molecule has 0 radical (unpaired) electrons. The molecule has 0 spiro atoms. The normalized spacial score (nSPS) is 11.0. The lowest BCUT2D eigenvalue weighted by molar-refractivity contribution is 0.572. The van der Waals surface area contributed by atoms with Crippen LogP contribution in [0.15, 0.2) is 54.9 Å². The van der Waals surface area contributed by atoms with E-state index in [2.05, 4.69) is 39.6 Å². The van der Waals surface area contributed by atoms with Crippen LogP contribution in [-0.4, -0.2) is 30.0 Å². The lowest BCUT2D eigenvalue weighted by atomic mass is 10.1. The second kappa shape index (κ2) is 6.90. The molecule has 0 unspecified atom stereocenters. The zero-order valence-electron chi connectivity index (χ0n) is 13.8. The predicted molar refractivity (Wildman–Crippen MR) is 101 cm³/mol. The molecule has 130 valence electrons. The molecule has 0 N–H and O–H groups in total. The van der Waals surface area contributed by atoms with Crippen LogP contribution in [0, 0.1) is 6.92 Å². The maximum absolute atomic E-state index is 6.25. The van der Waals surface area contributed by atoms with Crippen molar-refractivity contribution in [3.8, 4) is 17.1 Å². The van der Waals surface area contributed by atoms with Gasteiger partial charge in [0, 0.05) is 6.20 Å². The van der Waals surface area contributed by atoms with Crippen molar-refractivity contribution < 1.29 is 0 Å². The van der Waals surface area contributed by atoms with Gasteiger partial charge in [0.25, 0.3) is 0 Å². The Hall–Kier alpha value is -2.70. The summed E-state index contributed by atoms with van der Waals surface area (Å²) in [7, 11) is 0. The highest BCUT2D eigenvalue weighted by atomic mass is 35.5. The van der Waals surface area contributed by atoms with E-state index < -0.39 is 0 Å². The number of benzene rings is 2. The first-order valence-electron chi connectivity index (χ1n) is 7.93. The van der Waals surface area contributed by atoms with Crippen molar-refractivity contribution in [2.24, 2.45) is 0 Å². The zero-order valence-corrected chi connectivity index (χ0v) is 15.4. The quantitative estimate of drug-likeness (QED) is 0.529. The zero-order chi connectivity index (χ0) is 18.1. The van der Waals surface area contributed by atoms with Crippen molar-refractivity contribution in [1.82, 2.24) is 30.0 Å². The van der Waals surface area contributed by atoms with E-state index in [0.717, 1.165) is 11.1 Å². The molecule has 0 atom stereocenters. The molecule has 0 aliphatic rings. The number of hydrogen-bond acceptors (Lipinski definition) is 4. The Labute approximate surface area is 160 Å². The van der Waals surface area contributed by atoms with Gasteiger partial charge in [0.2, 0.25) is 5.82 Å². The molecule has 0 fully saturated rings. The number of nitrogens with zero attached hydrogens (tertiary/aromatic N) is 6. The number of aromatic nitrogens is 6. The van der Waals surface area contributed by atoms with Crippen LogP contribution in [0.3, 0.4) is 0 Å². The van der Waals surface area contributed by atoms with Crippen molar-refractivity contribution in [2.45, 2.75) is 13.5 Å². The predicted octanol–water partition coefficient (Wildman–Crippen LogP) is 4.19. The Morgan fingerprint density at radius 2 is 1.92 bits per heavy atom.